The maximum Gasteiger partial charge on any atom is 0.161 e. The molecule has 0 saturated carbocycles. The number of thiophene rings is 1. The Morgan fingerprint density at radius 1 is 1.29 bits per heavy atom. The Kier molecular flexibility index (Phi) is 5.14. The first-order valence-corrected chi connectivity index (χ1v) is 9.61. The lowest BCUT2D eigenvalue weighted by Crippen LogP contribution is -2.18. The molecule has 3 rings (SSSR count). The van der Waals surface area contributed by atoms with Gasteiger partial charge in [-0.25, -0.2) is 4.98 Å². The molecule has 0 aliphatic carbocycles. The van der Waals surface area contributed by atoms with E-state index >= 15 is 0 Å². The van der Waals surface area contributed by atoms with Gasteiger partial charge in [-0.1, -0.05) is 37.2 Å². The fourth-order valence-electron chi connectivity index (χ4n) is 2.65. The molecule has 3 heterocycles. The van der Waals surface area contributed by atoms with Gasteiger partial charge in [0.25, 0.3) is 0 Å². The van der Waals surface area contributed by atoms with E-state index in [1.807, 2.05) is 11.3 Å². The Hall–Kier alpha value is -1.07. The first kappa shape index (κ1) is 14.9. The Morgan fingerprint density at radius 3 is 2.86 bits per heavy atom. The van der Waals surface area contributed by atoms with Crippen molar-refractivity contribution in [3.05, 3.63) is 17.5 Å². The van der Waals surface area contributed by atoms with Crippen LogP contribution in [0.4, 0.5) is 10.8 Å². The minimum absolute atomic E-state index is 1.03. The lowest BCUT2D eigenvalue weighted by molar-refractivity contribution is 0.742. The zero-order valence-corrected chi connectivity index (χ0v) is 14.2. The maximum atomic E-state index is 4.87. The zero-order chi connectivity index (χ0) is 14.5. The molecule has 1 aliphatic heterocycles. The average Bonchev–Trinajstić information content (AvgIpc) is 3.23. The van der Waals surface area contributed by atoms with E-state index < -0.39 is 0 Å². The van der Waals surface area contributed by atoms with Crippen molar-refractivity contribution in [2.75, 3.05) is 29.9 Å². The average molecular weight is 322 g/mol. The number of hydrogen-bond donors (Lipinski definition) is 1. The van der Waals surface area contributed by atoms with Crippen molar-refractivity contribution >= 4 is 33.5 Å². The van der Waals surface area contributed by atoms with Gasteiger partial charge in [0.15, 0.2) is 5.82 Å². The second-order valence-corrected chi connectivity index (χ2v) is 7.40. The second kappa shape index (κ2) is 7.27. The number of rotatable bonds is 7. The Balaban J connectivity index is 1.78. The summed E-state index contributed by atoms with van der Waals surface area (Å²) >= 11 is 3.62. The van der Waals surface area contributed by atoms with Crippen LogP contribution in [0, 0.1) is 0 Å². The molecule has 114 valence electrons. The van der Waals surface area contributed by atoms with Gasteiger partial charge in [0.2, 0.25) is 0 Å². The van der Waals surface area contributed by atoms with Crippen molar-refractivity contribution in [1.29, 1.82) is 0 Å². The van der Waals surface area contributed by atoms with Crippen molar-refractivity contribution < 1.29 is 0 Å². The summed E-state index contributed by atoms with van der Waals surface area (Å²) in [4.78, 5) is 8.65. The lowest BCUT2D eigenvalue weighted by atomic mass is 10.2. The van der Waals surface area contributed by atoms with Crippen LogP contribution < -0.4 is 10.2 Å². The number of nitrogens with one attached hydrogen (secondary N) is 1. The van der Waals surface area contributed by atoms with Crippen LogP contribution in [0.3, 0.4) is 0 Å². The fourth-order valence-corrected chi connectivity index (χ4v) is 4.54. The molecule has 5 heteroatoms. The number of unbranched alkanes of at least 4 members (excludes halogenated alkanes) is 2. The second-order valence-electron chi connectivity index (χ2n) is 5.48. The molecule has 0 atom stereocenters. The van der Waals surface area contributed by atoms with Gasteiger partial charge >= 0.3 is 0 Å². The van der Waals surface area contributed by atoms with Gasteiger partial charge < -0.3 is 10.2 Å². The fraction of sp³-hybridized carbons (Fsp3) is 0.562. The monoisotopic (exact) mass is 321 g/mol. The number of hydrogen-bond acceptors (Lipinski definition) is 5. The largest absolute Gasteiger partial charge is 0.368 e. The molecule has 3 nitrogen and oxygen atoms in total. The van der Waals surface area contributed by atoms with E-state index in [0.717, 1.165) is 17.4 Å². The van der Waals surface area contributed by atoms with Crippen LogP contribution in [0.15, 0.2) is 17.5 Å². The predicted octanol–water partition coefficient (Wildman–Crippen LogP) is 5.07. The summed E-state index contributed by atoms with van der Waals surface area (Å²) in [5.41, 5.74) is 0. The standard InChI is InChI=1S/C16H23N3S2/c1-2-3-4-9-17-14-16(19-10-5-6-11-19)21-15(18-14)13-8-7-12-20-13/h7-8,12,17H,2-6,9-11H2,1H3. The number of anilines is 2. The van der Waals surface area contributed by atoms with Gasteiger partial charge in [-0.3, -0.25) is 0 Å². The summed E-state index contributed by atoms with van der Waals surface area (Å²) in [6.45, 7) is 5.63. The Bertz CT molecular complexity index is 542. The van der Waals surface area contributed by atoms with E-state index in [1.165, 1.54) is 55.1 Å². The molecule has 1 fully saturated rings. The third kappa shape index (κ3) is 3.58. The maximum absolute atomic E-state index is 4.87. The number of aromatic nitrogens is 1. The molecule has 2 aromatic heterocycles. The third-order valence-corrected chi connectivity index (χ3v) is 5.96. The van der Waals surface area contributed by atoms with Crippen LogP contribution in [-0.4, -0.2) is 24.6 Å². The summed E-state index contributed by atoms with van der Waals surface area (Å²) in [7, 11) is 0. The van der Waals surface area contributed by atoms with E-state index in [4.69, 9.17) is 4.98 Å². The Labute approximate surface area is 135 Å². The first-order chi connectivity index (χ1) is 10.4. The third-order valence-electron chi connectivity index (χ3n) is 3.81. The SMILES string of the molecule is CCCCCNc1nc(-c2cccs2)sc1N1CCCC1. The quantitative estimate of drug-likeness (QED) is 0.721. The van der Waals surface area contributed by atoms with Gasteiger partial charge in [0, 0.05) is 19.6 Å². The highest BCUT2D eigenvalue weighted by Crippen LogP contribution is 2.40. The van der Waals surface area contributed by atoms with Crippen LogP contribution in [0.2, 0.25) is 0 Å². The predicted molar refractivity (Wildman–Crippen MR) is 94.9 cm³/mol. The molecule has 21 heavy (non-hydrogen) atoms. The van der Waals surface area contributed by atoms with Crippen molar-refractivity contribution in [3.8, 4) is 9.88 Å². The van der Waals surface area contributed by atoms with Crippen LogP contribution in [0.1, 0.15) is 39.0 Å². The minimum Gasteiger partial charge on any atom is -0.368 e. The zero-order valence-electron chi connectivity index (χ0n) is 12.6. The van der Waals surface area contributed by atoms with Crippen molar-refractivity contribution in [3.63, 3.8) is 0 Å². The van der Waals surface area contributed by atoms with Gasteiger partial charge in [-0.2, -0.15) is 0 Å². The highest BCUT2D eigenvalue weighted by molar-refractivity contribution is 7.23. The van der Waals surface area contributed by atoms with E-state index in [2.05, 4.69) is 34.7 Å². The van der Waals surface area contributed by atoms with Gasteiger partial charge in [0.1, 0.15) is 10.0 Å². The summed E-state index contributed by atoms with van der Waals surface area (Å²) in [5, 5.41) is 8.19. The first-order valence-electron chi connectivity index (χ1n) is 7.92. The van der Waals surface area contributed by atoms with E-state index in [-0.39, 0.29) is 0 Å². The molecule has 1 saturated heterocycles. The normalized spacial score (nSPS) is 14.8. The molecule has 0 amide bonds. The Morgan fingerprint density at radius 2 is 2.14 bits per heavy atom. The van der Waals surface area contributed by atoms with Crippen molar-refractivity contribution in [2.24, 2.45) is 0 Å². The molecule has 2 aromatic rings. The van der Waals surface area contributed by atoms with E-state index in [1.54, 1.807) is 11.3 Å². The van der Waals surface area contributed by atoms with Crippen LogP contribution in [0.25, 0.3) is 9.88 Å². The summed E-state index contributed by atoms with van der Waals surface area (Å²) in [6.07, 6.45) is 6.39. The molecular formula is C16H23N3S2. The van der Waals surface area contributed by atoms with Crippen LogP contribution in [-0.2, 0) is 0 Å². The molecule has 1 aliphatic rings. The van der Waals surface area contributed by atoms with Gasteiger partial charge in [-0.05, 0) is 30.7 Å². The van der Waals surface area contributed by atoms with E-state index in [0.29, 0.717) is 0 Å². The van der Waals surface area contributed by atoms with E-state index in [9.17, 15) is 0 Å². The van der Waals surface area contributed by atoms with Gasteiger partial charge in [0.05, 0.1) is 4.88 Å². The highest BCUT2D eigenvalue weighted by atomic mass is 32.1. The molecule has 1 N–H and O–H groups in total. The molecular weight excluding hydrogens is 298 g/mol. The summed E-state index contributed by atoms with van der Waals surface area (Å²) in [5.74, 6) is 1.10. The van der Waals surface area contributed by atoms with Crippen LogP contribution in [0.5, 0.6) is 0 Å². The van der Waals surface area contributed by atoms with Crippen molar-refractivity contribution in [2.45, 2.75) is 39.0 Å². The minimum atomic E-state index is 1.03. The number of thiazole rings is 1. The topological polar surface area (TPSA) is 28.2 Å². The molecule has 0 unspecified atom stereocenters. The van der Waals surface area contributed by atoms with Gasteiger partial charge in [-0.15, -0.1) is 11.3 Å². The lowest BCUT2D eigenvalue weighted by Gasteiger charge is -2.16. The summed E-state index contributed by atoms with van der Waals surface area (Å²) in [6, 6.07) is 4.27. The molecule has 0 aromatic carbocycles. The van der Waals surface area contributed by atoms with Crippen molar-refractivity contribution in [1.82, 2.24) is 4.98 Å². The number of nitrogens with zero attached hydrogens (tertiary/aromatic N) is 2. The smallest absolute Gasteiger partial charge is 0.161 e. The molecule has 0 radical (unpaired) electrons. The highest BCUT2D eigenvalue weighted by Gasteiger charge is 2.21. The summed E-state index contributed by atoms with van der Waals surface area (Å²) < 4.78 is 0. The molecule has 0 spiro atoms. The van der Waals surface area contributed by atoms with Crippen LogP contribution >= 0.6 is 22.7 Å². The molecule has 0 bridgehead atoms.